The van der Waals surface area contributed by atoms with Gasteiger partial charge in [0.15, 0.2) is 12.2 Å². The summed E-state index contributed by atoms with van der Waals surface area (Å²) in [6.45, 7) is 4.62. The highest BCUT2D eigenvalue weighted by molar-refractivity contribution is 7.47. The Bertz CT molecular complexity index is 2240. The van der Waals surface area contributed by atoms with Gasteiger partial charge in [0.25, 0.3) is 0 Å². The molecule has 0 aromatic rings. The van der Waals surface area contributed by atoms with Gasteiger partial charge in [0.2, 0.25) is 0 Å². The second-order valence-corrected chi connectivity index (χ2v) is 28.5. The molecule has 0 radical (unpaired) electrons. The van der Waals surface area contributed by atoms with Crippen molar-refractivity contribution in [3.05, 3.63) is 97.2 Å². The number of hydrogen-bond donors (Lipinski definition) is 3. The van der Waals surface area contributed by atoms with Crippen molar-refractivity contribution in [1.82, 2.24) is 0 Å². The molecule has 0 saturated heterocycles. The zero-order chi connectivity index (χ0) is 71.8. The van der Waals surface area contributed by atoms with Gasteiger partial charge in [0.1, 0.15) is 19.3 Å². The Kier molecular flexibility index (Phi) is 68.4. The lowest BCUT2D eigenvalue weighted by Gasteiger charge is -2.21. The first-order valence-corrected chi connectivity index (χ1v) is 41.5. The summed E-state index contributed by atoms with van der Waals surface area (Å²) in [6, 6.07) is 0. The largest absolute Gasteiger partial charge is 0.472 e. The van der Waals surface area contributed by atoms with E-state index in [1.807, 2.05) is 18.2 Å². The van der Waals surface area contributed by atoms with Crippen LogP contribution in [-0.2, 0) is 65.4 Å². The first-order valence-electron chi connectivity index (χ1n) is 38.5. The summed E-state index contributed by atoms with van der Waals surface area (Å²) in [5.41, 5.74) is 0. The predicted octanol–water partition coefficient (Wildman–Crippen LogP) is 22.0. The van der Waals surface area contributed by atoms with E-state index < -0.39 is 97.5 Å². The van der Waals surface area contributed by atoms with Crippen LogP contribution in [0, 0.1) is 0 Å². The predicted molar refractivity (Wildman–Crippen MR) is 399 cm³/mol. The van der Waals surface area contributed by atoms with Gasteiger partial charge < -0.3 is 33.8 Å². The first kappa shape index (κ1) is 94.0. The van der Waals surface area contributed by atoms with Gasteiger partial charge in [-0.3, -0.25) is 37.3 Å². The maximum absolute atomic E-state index is 13.1. The molecule has 0 bridgehead atoms. The Labute approximate surface area is 595 Å². The van der Waals surface area contributed by atoms with Crippen molar-refractivity contribution in [2.24, 2.45) is 0 Å². The van der Waals surface area contributed by atoms with Gasteiger partial charge in [0.05, 0.1) is 32.8 Å². The molecule has 0 fully saturated rings. The molecule has 0 aliphatic rings. The van der Waals surface area contributed by atoms with Crippen molar-refractivity contribution in [3.8, 4) is 0 Å². The minimum Gasteiger partial charge on any atom is -0.462 e. The fourth-order valence-corrected chi connectivity index (χ4v) is 11.8. The van der Waals surface area contributed by atoms with Crippen molar-refractivity contribution >= 4 is 39.5 Å². The molecule has 0 spiro atoms. The summed E-state index contributed by atoms with van der Waals surface area (Å²) < 4.78 is 68.3. The normalized spacial score (nSPS) is 14.5. The first-order chi connectivity index (χ1) is 47.7. The van der Waals surface area contributed by atoms with Gasteiger partial charge in [-0.25, -0.2) is 9.13 Å². The average molecular weight is 1420 g/mol. The lowest BCUT2D eigenvalue weighted by molar-refractivity contribution is -0.161. The van der Waals surface area contributed by atoms with Crippen molar-refractivity contribution in [1.29, 1.82) is 0 Å². The van der Waals surface area contributed by atoms with Crippen LogP contribution in [0.5, 0.6) is 0 Å². The number of phosphoric ester groups is 2. The van der Waals surface area contributed by atoms with Gasteiger partial charge in [-0.15, -0.1) is 0 Å². The van der Waals surface area contributed by atoms with E-state index in [1.165, 1.54) is 109 Å². The number of phosphoric acid groups is 2. The second-order valence-electron chi connectivity index (χ2n) is 25.6. The molecule has 5 atom stereocenters. The van der Waals surface area contributed by atoms with Crippen LogP contribution in [0.1, 0.15) is 323 Å². The topological polar surface area (TPSA) is 237 Å². The Hall–Kier alpha value is -4.02. The lowest BCUT2D eigenvalue weighted by Crippen LogP contribution is -2.30. The van der Waals surface area contributed by atoms with Gasteiger partial charge in [-0.1, -0.05) is 285 Å². The van der Waals surface area contributed by atoms with E-state index in [0.717, 1.165) is 135 Å². The van der Waals surface area contributed by atoms with E-state index in [0.29, 0.717) is 25.7 Å². The van der Waals surface area contributed by atoms with Crippen LogP contribution in [0.15, 0.2) is 97.2 Å². The summed E-state index contributed by atoms with van der Waals surface area (Å²) >= 11 is 0. The monoisotopic (exact) mass is 1420 g/mol. The summed E-state index contributed by atoms with van der Waals surface area (Å²) in [4.78, 5) is 72.8. The lowest BCUT2D eigenvalue weighted by atomic mass is 10.0. The van der Waals surface area contributed by atoms with E-state index >= 15 is 0 Å². The van der Waals surface area contributed by atoms with E-state index in [-0.39, 0.29) is 25.7 Å². The van der Waals surface area contributed by atoms with Gasteiger partial charge in [0, 0.05) is 19.3 Å². The number of esters is 4. The second kappa shape index (κ2) is 71.4. The highest BCUT2D eigenvalue weighted by Gasteiger charge is 2.30. The third kappa shape index (κ3) is 70.4. The molecule has 0 aromatic heterocycles. The molecule has 0 amide bonds. The minimum absolute atomic E-state index is 0.0660. The smallest absolute Gasteiger partial charge is 0.462 e. The van der Waals surface area contributed by atoms with E-state index in [4.69, 9.17) is 37.0 Å². The molecule has 3 N–H and O–H groups in total. The van der Waals surface area contributed by atoms with Crippen LogP contribution in [0.3, 0.4) is 0 Å². The molecule has 98 heavy (non-hydrogen) atoms. The fourth-order valence-electron chi connectivity index (χ4n) is 10.2. The Balaban J connectivity index is 5.41. The number of unbranched alkanes of at least 4 members (excludes halogenated alkanes) is 31. The van der Waals surface area contributed by atoms with E-state index in [2.05, 4.69) is 101 Å². The summed E-state index contributed by atoms with van der Waals surface area (Å²) in [5, 5.41) is 10.6. The Morgan fingerprint density at radius 3 is 0.939 bits per heavy atom. The number of carbonyl (C=O) groups is 4. The summed E-state index contributed by atoms with van der Waals surface area (Å²) in [6.07, 6.45) is 74.2. The van der Waals surface area contributed by atoms with E-state index in [1.54, 1.807) is 6.08 Å². The maximum atomic E-state index is 13.1. The van der Waals surface area contributed by atoms with Gasteiger partial charge in [-0.2, -0.15) is 0 Å². The SMILES string of the molecule is CC/C=C\C/C=C\C/C=C\C/C=C\C/C=C\CC(=O)OCC(COP(=O)(O)OCC(O)COP(=O)(O)OCC(COC(=O)CCCCCCC/C=C\C/C=C\CCCCC)OC(=O)CCCCCCCCCCCCCCC)OC(=O)CCCCCCC/C=C\CCCCCCCC. The van der Waals surface area contributed by atoms with Gasteiger partial charge in [-0.05, 0) is 109 Å². The Morgan fingerprint density at radius 2 is 0.571 bits per heavy atom. The molecule has 566 valence electrons. The van der Waals surface area contributed by atoms with Crippen molar-refractivity contribution in [2.75, 3.05) is 39.6 Å². The zero-order valence-corrected chi connectivity index (χ0v) is 63.5. The number of aliphatic hydroxyl groups excluding tert-OH is 1. The van der Waals surface area contributed by atoms with E-state index in [9.17, 15) is 43.2 Å². The zero-order valence-electron chi connectivity index (χ0n) is 61.7. The molecule has 0 heterocycles. The summed E-state index contributed by atoms with van der Waals surface area (Å²) in [5.74, 6) is -2.33. The third-order valence-electron chi connectivity index (χ3n) is 16.1. The third-order valence-corrected chi connectivity index (χ3v) is 18.0. The number of rotatable bonds is 72. The van der Waals surface area contributed by atoms with Gasteiger partial charge >= 0.3 is 39.5 Å². The average Bonchev–Trinajstić information content (AvgIpc) is 1.04. The number of carbonyl (C=O) groups excluding carboxylic acids is 4. The summed E-state index contributed by atoms with van der Waals surface area (Å²) in [7, 11) is -9.97. The van der Waals surface area contributed by atoms with Crippen molar-refractivity contribution < 1.29 is 80.2 Å². The number of ether oxygens (including phenoxy) is 4. The molecule has 17 nitrogen and oxygen atoms in total. The molecule has 0 saturated carbocycles. The Morgan fingerprint density at radius 1 is 0.306 bits per heavy atom. The standard InChI is InChI=1S/C79H138O17P2/c1-5-9-13-17-21-25-29-33-36-40-43-47-51-55-59-63-76(81)89-69-74(95-78(83)65-61-57-53-49-45-39-32-28-24-20-16-12-8-4)71-93-97(85,86)91-67-73(80)68-92-98(87,88)94-72-75(96-79(84)66-62-58-54-50-46-42-38-35-31-27-23-19-15-11-7-3)70-90-77(82)64-60-56-52-48-44-41-37-34-30-26-22-18-14-10-6-2/h10,14,21-22,25-26,33-38,44,48,56,60,73-75,80H,5-9,11-13,15-20,23-24,27-32,39-43,45-47,49-55,57-59,61-72H2,1-4H3,(H,85,86)(H,87,88)/b14-10-,25-21-,26-22-,36-33-,37-34-,38-35-,48-44-,60-56-. The highest BCUT2D eigenvalue weighted by atomic mass is 31.2. The molecular weight excluding hydrogens is 1280 g/mol. The fraction of sp³-hybridized carbons (Fsp3) is 0.747. The van der Waals surface area contributed by atoms with Crippen LogP contribution in [0.4, 0.5) is 0 Å². The molecule has 0 aromatic carbocycles. The number of aliphatic hydroxyl groups is 1. The van der Waals surface area contributed by atoms with Crippen LogP contribution in [-0.4, -0.2) is 96.7 Å². The van der Waals surface area contributed by atoms with Crippen LogP contribution in [0.2, 0.25) is 0 Å². The molecule has 19 heteroatoms. The molecule has 0 rings (SSSR count). The maximum Gasteiger partial charge on any atom is 0.472 e. The van der Waals surface area contributed by atoms with Crippen molar-refractivity contribution in [3.63, 3.8) is 0 Å². The quantitative estimate of drug-likeness (QED) is 0.0169. The molecular formula is C79H138O17P2. The van der Waals surface area contributed by atoms with Crippen molar-refractivity contribution in [2.45, 2.75) is 341 Å². The number of allylic oxidation sites excluding steroid dienone is 15. The molecule has 0 aliphatic heterocycles. The van der Waals surface area contributed by atoms with Crippen LogP contribution < -0.4 is 0 Å². The number of hydrogen-bond acceptors (Lipinski definition) is 15. The van der Waals surface area contributed by atoms with Crippen LogP contribution >= 0.6 is 15.6 Å². The molecule has 0 aliphatic carbocycles. The molecule has 5 unspecified atom stereocenters. The van der Waals surface area contributed by atoms with Crippen LogP contribution in [0.25, 0.3) is 0 Å². The minimum atomic E-state index is -4.99. The highest BCUT2D eigenvalue weighted by Crippen LogP contribution is 2.45.